The minimum Gasteiger partial charge on any atom is -0.493 e. The highest BCUT2D eigenvalue weighted by Crippen LogP contribution is 2.37. The Kier molecular flexibility index (Phi) is 6.29. The third-order valence-electron chi connectivity index (χ3n) is 5.28. The largest absolute Gasteiger partial charge is 0.493 e. The van der Waals surface area contributed by atoms with Crippen molar-refractivity contribution in [3.63, 3.8) is 0 Å². The first-order valence-corrected chi connectivity index (χ1v) is 11.1. The molecule has 4 rings (SSSR count). The number of imidazole rings is 1. The number of benzene rings is 2. The van der Waals surface area contributed by atoms with Crippen LogP contribution in [0.2, 0.25) is 5.02 Å². The number of hydrogen-bond acceptors (Lipinski definition) is 4. The van der Waals surface area contributed by atoms with Crippen molar-refractivity contribution in [2.24, 2.45) is 0 Å². The maximum absolute atomic E-state index is 13.3. The standard InChI is InChI=1S/C26H26ClN3O3/c1-6-13-29-20-9-7-8-10-21(20)30-26(29)24(17(4)28-30)22(31)12-11-18-14-19(27)25(33-16(2)3)23(15-18)32-5/h6-12,14-16H,1,13H2,2-5H3/b12-11+. The predicted octanol–water partition coefficient (Wildman–Crippen LogP) is 6.13. The molecule has 0 saturated heterocycles. The number of hydrogen-bond donors (Lipinski definition) is 0. The van der Waals surface area contributed by atoms with E-state index in [1.165, 1.54) is 6.08 Å². The Morgan fingerprint density at radius 2 is 1.97 bits per heavy atom. The molecule has 6 nitrogen and oxygen atoms in total. The molecular weight excluding hydrogens is 438 g/mol. The van der Waals surface area contributed by atoms with Crippen LogP contribution in [0.3, 0.4) is 0 Å². The van der Waals surface area contributed by atoms with Gasteiger partial charge in [-0.1, -0.05) is 35.9 Å². The maximum Gasteiger partial charge on any atom is 0.191 e. The van der Waals surface area contributed by atoms with Gasteiger partial charge in [0.2, 0.25) is 0 Å². The molecule has 0 amide bonds. The molecule has 0 spiro atoms. The zero-order valence-corrected chi connectivity index (χ0v) is 19.9. The Labute approximate surface area is 197 Å². The predicted molar refractivity (Wildman–Crippen MR) is 133 cm³/mol. The molecule has 0 atom stereocenters. The molecule has 0 aliphatic carbocycles. The van der Waals surface area contributed by atoms with Gasteiger partial charge in [0.05, 0.1) is 40.5 Å². The van der Waals surface area contributed by atoms with Crippen LogP contribution in [0.25, 0.3) is 22.8 Å². The minimum absolute atomic E-state index is 0.0468. The van der Waals surface area contributed by atoms with E-state index >= 15 is 0 Å². The Morgan fingerprint density at radius 3 is 2.64 bits per heavy atom. The van der Waals surface area contributed by atoms with E-state index in [9.17, 15) is 4.79 Å². The maximum atomic E-state index is 13.3. The fraction of sp³-hybridized carbons (Fsp3) is 0.231. The van der Waals surface area contributed by atoms with E-state index in [0.29, 0.717) is 34.3 Å². The summed E-state index contributed by atoms with van der Waals surface area (Å²) in [7, 11) is 1.56. The summed E-state index contributed by atoms with van der Waals surface area (Å²) < 4.78 is 15.1. The minimum atomic E-state index is -0.145. The summed E-state index contributed by atoms with van der Waals surface area (Å²) in [6.45, 7) is 10.1. The summed E-state index contributed by atoms with van der Waals surface area (Å²) in [5, 5.41) is 5.07. The smallest absolute Gasteiger partial charge is 0.191 e. The van der Waals surface area contributed by atoms with Gasteiger partial charge in [-0.05, 0) is 56.7 Å². The molecule has 7 heteroatoms. The van der Waals surface area contributed by atoms with Crippen molar-refractivity contribution in [2.75, 3.05) is 7.11 Å². The van der Waals surface area contributed by atoms with Crippen molar-refractivity contribution in [1.29, 1.82) is 0 Å². The van der Waals surface area contributed by atoms with Crippen LogP contribution in [0.15, 0.2) is 55.1 Å². The fourth-order valence-corrected chi connectivity index (χ4v) is 4.23. The molecule has 0 fully saturated rings. The molecule has 2 aromatic heterocycles. The summed E-state index contributed by atoms with van der Waals surface area (Å²) in [5.74, 6) is 0.854. The Hall–Kier alpha value is -3.51. The van der Waals surface area contributed by atoms with Gasteiger partial charge in [0.25, 0.3) is 0 Å². The molecule has 170 valence electrons. The summed E-state index contributed by atoms with van der Waals surface area (Å²) in [6.07, 6.45) is 5.02. The van der Waals surface area contributed by atoms with E-state index in [1.807, 2.05) is 55.6 Å². The topological polar surface area (TPSA) is 57.8 Å². The van der Waals surface area contributed by atoms with Crippen LogP contribution in [0, 0.1) is 6.92 Å². The molecule has 0 N–H and O–H groups in total. The van der Waals surface area contributed by atoms with Gasteiger partial charge in [0.1, 0.15) is 5.65 Å². The molecule has 0 saturated carbocycles. The number of aromatic nitrogens is 3. The second-order valence-corrected chi connectivity index (χ2v) is 8.39. The first-order chi connectivity index (χ1) is 15.8. The SMILES string of the molecule is C=CCn1c2ccccc2n2nc(C)c(C(=O)/C=C/c3cc(Cl)c(OC(C)C)c(OC)c3)c12. The van der Waals surface area contributed by atoms with E-state index in [0.717, 1.165) is 22.2 Å². The quantitative estimate of drug-likeness (QED) is 0.179. The van der Waals surface area contributed by atoms with Crippen molar-refractivity contribution >= 4 is 40.1 Å². The highest BCUT2D eigenvalue weighted by atomic mass is 35.5. The van der Waals surface area contributed by atoms with Gasteiger partial charge in [-0.2, -0.15) is 5.10 Å². The van der Waals surface area contributed by atoms with Gasteiger partial charge in [0.15, 0.2) is 17.3 Å². The number of halogens is 1. The number of fused-ring (bicyclic) bond motifs is 3. The summed E-state index contributed by atoms with van der Waals surface area (Å²) in [4.78, 5) is 13.3. The molecule has 0 aliphatic heterocycles. The van der Waals surface area contributed by atoms with E-state index in [4.69, 9.17) is 21.1 Å². The molecule has 2 heterocycles. The summed E-state index contributed by atoms with van der Waals surface area (Å²) in [5.41, 5.74) is 4.64. The number of ketones is 1. The van der Waals surface area contributed by atoms with Crippen LogP contribution >= 0.6 is 11.6 Å². The lowest BCUT2D eigenvalue weighted by molar-refractivity contribution is 0.104. The Morgan fingerprint density at radius 1 is 1.24 bits per heavy atom. The molecule has 4 aromatic rings. The third-order valence-corrected chi connectivity index (χ3v) is 5.56. The van der Waals surface area contributed by atoms with Crippen molar-refractivity contribution in [2.45, 2.75) is 33.4 Å². The van der Waals surface area contributed by atoms with Crippen LogP contribution in [-0.4, -0.2) is 33.2 Å². The number of para-hydroxylation sites is 2. The van der Waals surface area contributed by atoms with Gasteiger partial charge in [-0.3, -0.25) is 4.79 Å². The van der Waals surface area contributed by atoms with Gasteiger partial charge < -0.3 is 14.0 Å². The average Bonchev–Trinajstić information content (AvgIpc) is 3.27. The van der Waals surface area contributed by atoms with Crippen LogP contribution in [0.5, 0.6) is 11.5 Å². The molecule has 2 aromatic carbocycles. The zero-order valence-electron chi connectivity index (χ0n) is 19.1. The lowest BCUT2D eigenvalue weighted by Gasteiger charge is -2.15. The first kappa shape index (κ1) is 22.7. The molecule has 0 unspecified atom stereocenters. The van der Waals surface area contributed by atoms with Crippen LogP contribution in [0.1, 0.15) is 35.5 Å². The number of methoxy groups -OCH3 is 1. The number of aryl methyl sites for hydroxylation is 1. The monoisotopic (exact) mass is 463 g/mol. The van der Waals surface area contributed by atoms with Crippen molar-refractivity contribution < 1.29 is 14.3 Å². The lowest BCUT2D eigenvalue weighted by atomic mass is 10.1. The Bertz CT molecular complexity index is 1400. The van der Waals surface area contributed by atoms with E-state index in [-0.39, 0.29) is 11.9 Å². The fourth-order valence-electron chi connectivity index (χ4n) is 3.96. The number of ether oxygens (including phenoxy) is 2. The van der Waals surface area contributed by atoms with Crippen molar-refractivity contribution in [3.8, 4) is 11.5 Å². The molecule has 0 radical (unpaired) electrons. The first-order valence-electron chi connectivity index (χ1n) is 10.7. The van der Waals surface area contributed by atoms with Gasteiger partial charge in [-0.25, -0.2) is 4.52 Å². The normalized spacial score (nSPS) is 11.7. The number of carbonyl (C=O) groups excluding carboxylic acids is 1. The number of allylic oxidation sites excluding steroid dienone is 2. The van der Waals surface area contributed by atoms with Gasteiger partial charge >= 0.3 is 0 Å². The molecule has 0 aliphatic rings. The number of rotatable bonds is 8. The van der Waals surface area contributed by atoms with E-state index in [1.54, 1.807) is 25.3 Å². The lowest BCUT2D eigenvalue weighted by Crippen LogP contribution is -2.07. The zero-order chi connectivity index (χ0) is 23.7. The van der Waals surface area contributed by atoms with Crippen molar-refractivity contribution in [3.05, 3.63) is 77.0 Å². The number of nitrogens with zero attached hydrogens (tertiary/aromatic N) is 3. The molecule has 0 bridgehead atoms. The van der Waals surface area contributed by atoms with E-state index in [2.05, 4.69) is 16.2 Å². The summed E-state index contributed by atoms with van der Waals surface area (Å²) >= 11 is 6.43. The average molecular weight is 464 g/mol. The number of carbonyl (C=O) groups is 1. The third kappa shape index (κ3) is 4.14. The van der Waals surface area contributed by atoms with E-state index < -0.39 is 0 Å². The second-order valence-electron chi connectivity index (χ2n) is 7.98. The van der Waals surface area contributed by atoms with Crippen LogP contribution in [-0.2, 0) is 6.54 Å². The van der Waals surface area contributed by atoms with Crippen molar-refractivity contribution in [1.82, 2.24) is 14.2 Å². The van der Waals surface area contributed by atoms with Crippen LogP contribution < -0.4 is 9.47 Å². The highest BCUT2D eigenvalue weighted by Gasteiger charge is 2.22. The van der Waals surface area contributed by atoms with Crippen LogP contribution in [0.4, 0.5) is 0 Å². The molecule has 33 heavy (non-hydrogen) atoms. The highest BCUT2D eigenvalue weighted by molar-refractivity contribution is 6.32. The van der Waals surface area contributed by atoms with Gasteiger partial charge in [0, 0.05) is 6.54 Å². The second kappa shape index (κ2) is 9.16. The van der Waals surface area contributed by atoms with Gasteiger partial charge in [-0.15, -0.1) is 6.58 Å². The Balaban J connectivity index is 1.76. The molecular formula is C26H26ClN3O3. The summed E-state index contributed by atoms with van der Waals surface area (Å²) in [6, 6.07) is 11.5.